The van der Waals surface area contributed by atoms with E-state index >= 15 is 0 Å². The van der Waals surface area contributed by atoms with Gasteiger partial charge in [0.05, 0.1) is 5.41 Å². The number of benzene rings is 1. The van der Waals surface area contributed by atoms with Gasteiger partial charge >= 0.3 is 5.97 Å². The Morgan fingerprint density at radius 2 is 2.12 bits per heavy atom. The van der Waals surface area contributed by atoms with Crippen LogP contribution in [0.5, 0.6) is 0 Å². The number of carbonyl (C=O) groups is 1. The Labute approximate surface area is 95.7 Å². The fourth-order valence-electron chi connectivity index (χ4n) is 2.08. The Morgan fingerprint density at radius 1 is 1.44 bits per heavy atom. The Morgan fingerprint density at radius 3 is 2.75 bits per heavy atom. The number of anilines is 1. The van der Waals surface area contributed by atoms with Gasteiger partial charge < -0.3 is 10.0 Å². The fraction of sp³-hybridized carbons (Fsp3) is 0.462. The Kier molecular flexibility index (Phi) is 2.41. The molecule has 0 fully saturated rings. The van der Waals surface area contributed by atoms with Crippen LogP contribution in [0.1, 0.15) is 25.0 Å². The lowest BCUT2D eigenvalue weighted by Crippen LogP contribution is -2.28. The molecule has 0 radical (unpaired) electrons. The van der Waals surface area contributed by atoms with E-state index in [1.165, 1.54) is 11.3 Å². The standard InChI is InChI=1S/C13H17NO2/c1-13(2,12(15)16)10-4-5-11-9(8-10)6-7-14(11)3/h4-5,8H,6-7H2,1-3H3,(H,15,16). The molecule has 0 amide bonds. The van der Waals surface area contributed by atoms with E-state index in [2.05, 4.69) is 11.9 Å². The number of aliphatic carboxylic acids is 1. The summed E-state index contributed by atoms with van der Waals surface area (Å²) in [7, 11) is 2.06. The van der Waals surface area contributed by atoms with E-state index in [9.17, 15) is 9.90 Å². The Hall–Kier alpha value is -1.51. The lowest BCUT2D eigenvalue weighted by Gasteiger charge is -2.21. The van der Waals surface area contributed by atoms with Crippen molar-refractivity contribution in [3.05, 3.63) is 29.3 Å². The number of rotatable bonds is 2. The number of carboxylic acid groups (broad SMARTS) is 1. The first kappa shape index (κ1) is 11.0. The molecule has 1 N–H and O–H groups in total. The van der Waals surface area contributed by atoms with Gasteiger partial charge in [0, 0.05) is 19.3 Å². The number of hydrogen-bond donors (Lipinski definition) is 1. The second-order valence-corrected chi connectivity index (χ2v) is 4.95. The summed E-state index contributed by atoms with van der Waals surface area (Å²) in [5.41, 5.74) is 2.56. The topological polar surface area (TPSA) is 40.5 Å². The van der Waals surface area contributed by atoms with Gasteiger partial charge in [-0.1, -0.05) is 12.1 Å². The quantitative estimate of drug-likeness (QED) is 0.827. The van der Waals surface area contributed by atoms with Gasteiger partial charge in [0.2, 0.25) is 0 Å². The fourth-order valence-corrected chi connectivity index (χ4v) is 2.08. The molecule has 1 aliphatic rings. The molecule has 0 bridgehead atoms. The summed E-state index contributed by atoms with van der Waals surface area (Å²) in [6.07, 6.45) is 1.01. The molecule has 86 valence electrons. The minimum atomic E-state index is -0.809. The summed E-state index contributed by atoms with van der Waals surface area (Å²) in [4.78, 5) is 13.4. The van der Waals surface area contributed by atoms with E-state index in [0.29, 0.717) is 0 Å². The summed E-state index contributed by atoms with van der Waals surface area (Å²) in [6.45, 7) is 4.51. The molecule has 16 heavy (non-hydrogen) atoms. The molecule has 3 nitrogen and oxygen atoms in total. The van der Waals surface area contributed by atoms with Gasteiger partial charge in [-0.2, -0.15) is 0 Å². The molecule has 0 saturated heterocycles. The van der Waals surface area contributed by atoms with Gasteiger partial charge in [-0.25, -0.2) is 0 Å². The molecule has 1 aromatic carbocycles. The molecule has 0 saturated carbocycles. The number of fused-ring (bicyclic) bond motifs is 1. The molecule has 0 unspecified atom stereocenters. The highest BCUT2D eigenvalue weighted by Crippen LogP contribution is 2.32. The van der Waals surface area contributed by atoms with Crippen molar-refractivity contribution in [2.45, 2.75) is 25.7 Å². The first-order chi connectivity index (χ1) is 7.43. The maximum atomic E-state index is 11.2. The molecule has 2 rings (SSSR count). The van der Waals surface area contributed by atoms with Gasteiger partial charge in [0.15, 0.2) is 0 Å². The lowest BCUT2D eigenvalue weighted by molar-refractivity contribution is -0.142. The predicted molar refractivity (Wildman–Crippen MR) is 64.1 cm³/mol. The van der Waals surface area contributed by atoms with Gasteiger partial charge in [-0.05, 0) is 37.5 Å². The average molecular weight is 219 g/mol. The minimum Gasteiger partial charge on any atom is -0.481 e. The zero-order valence-corrected chi connectivity index (χ0v) is 9.95. The first-order valence-electron chi connectivity index (χ1n) is 5.51. The maximum absolute atomic E-state index is 11.2. The zero-order valence-electron chi connectivity index (χ0n) is 9.95. The monoisotopic (exact) mass is 219 g/mol. The smallest absolute Gasteiger partial charge is 0.313 e. The summed E-state index contributed by atoms with van der Waals surface area (Å²) >= 11 is 0. The van der Waals surface area contributed by atoms with Crippen LogP contribution in [0.15, 0.2) is 18.2 Å². The molecule has 3 heteroatoms. The van der Waals surface area contributed by atoms with E-state index in [0.717, 1.165) is 18.5 Å². The van der Waals surface area contributed by atoms with Crippen molar-refractivity contribution < 1.29 is 9.90 Å². The van der Waals surface area contributed by atoms with Crippen LogP contribution in [0, 0.1) is 0 Å². The lowest BCUT2D eigenvalue weighted by atomic mass is 9.84. The molecule has 0 spiro atoms. The first-order valence-corrected chi connectivity index (χ1v) is 5.51. The van der Waals surface area contributed by atoms with E-state index in [4.69, 9.17) is 0 Å². The van der Waals surface area contributed by atoms with Gasteiger partial charge in [0.1, 0.15) is 0 Å². The molecular weight excluding hydrogens is 202 g/mol. The third kappa shape index (κ3) is 1.56. The van der Waals surface area contributed by atoms with Crippen molar-refractivity contribution in [3.8, 4) is 0 Å². The van der Waals surface area contributed by atoms with Crippen LogP contribution in [-0.4, -0.2) is 24.7 Å². The number of nitrogens with zero attached hydrogens (tertiary/aromatic N) is 1. The van der Waals surface area contributed by atoms with Crippen molar-refractivity contribution in [1.29, 1.82) is 0 Å². The number of hydrogen-bond acceptors (Lipinski definition) is 2. The van der Waals surface area contributed by atoms with Crippen molar-refractivity contribution >= 4 is 11.7 Å². The Bertz CT molecular complexity index is 438. The molecule has 1 aliphatic heterocycles. The third-order valence-corrected chi connectivity index (χ3v) is 3.46. The van der Waals surface area contributed by atoms with E-state index in [1.54, 1.807) is 13.8 Å². The van der Waals surface area contributed by atoms with Crippen LogP contribution in [0.25, 0.3) is 0 Å². The molecular formula is C13H17NO2. The molecule has 0 aromatic heterocycles. The van der Waals surface area contributed by atoms with Crippen molar-refractivity contribution in [1.82, 2.24) is 0 Å². The van der Waals surface area contributed by atoms with Crippen LogP contribution < -0.4 is 4.90 Å². The van der Waals surface area contributed by atoms with Crippen LogP contribution in [0.2, 0.25) is 0 Å². The molecule has 0 aliphatic carbocycles. The van der Waals surface area contributed by atoms with Crippen LogP contribution in [0.4, 0.5) is 5.69 Å². The van der Waals surface area contributed by atoms with Crippen molar-refractivity contribution in [3.63, 3.8) is 0 Å². The Balaban J connectivity index is 2.43. The normalized spacial score (nSPS) is 15.1. The third-order valence-electron chi connectivity index (χ3n) is 3.46. The summed E-state index contributed by atoms with van der Waals surface area (Å²) in [6, 6.07) is 5.99. The average Bonchev–Trinajstić information content (AvgIpc) is 2.60. The highest BCUT2D eigenvalue weighted by molar-refractivity contribution is 5.80. The van der Waals surface area contributed by atoms with Crippen LogP contribution in [-0.2, 0) is 16.6 Å². The van der Waals surface area contributed by atoms with E-state index in [-0.39, 0.29) is 0 Å². The van der Waals surface area contributed by atoms with Crippen LogP contribution >= 0.6 is 0 Å². The summed E-state index contributed by atoms with van der Waals surface area (Å²) in [5, 5.41) is 9.18. The van der Waals surface area contributed by atoms with Gasteiger partial charge in [0.25, 0.3) is 0 Å². The predicted octanol–water partition coefficient (Wildman–Crippen LogP) is 2.04. The van der Waals surface area contributed by atoms with Gasteiger partial charge in [-0.15, -0.1) is 0 Å². The summed E-state index contributed by atoms with van der Waals surface area (Å²) < 4.78 is 0. The van der Waals surface area contributed by atoms with Crippen molar-refractivity contribution in [2.24, 2.45) is 0 Å². The van der Waals surface area contributed by atoms with E-state index in [1.807, 2.05) is 18.2 Å². The molecule has 1 aromatic rings. The molecule has 0 atom stereocenters. The SMILES string of the molecule is CN1CCc2cc(C(C)(C)C(=O)O)ccc21. The summed E-state index contributed by atoms with van der Waals surface area (Å²) in [5.74, 6) is -0.779. The maximum Gasteiger partial charge on any atom is 0.313 e. The highest BCUT2D eigenvalue weighted by atomic mass is 16.4. The second-order valence-electron chi connectivity index (χ2n) is 4.95. The van der Waals surface area contributed by atoms with Crippen LogP contribution in [0.3, 0.4) is 0 Å². The minimum absolute atomic E-state index is 0.779. The van der Waals surface area contributed by atoms with Gasteiger partial charge in [-0.3, -0.25) is 4.79 Å². The zero-order chi connectivity index (χ0) is 11.9. The molecule has 1 heterocycles. The highest BCUT2D eigenvalue weighted by Gasteiger charge is 2.30. The number of likely N-dealkylation sites (N-methyl/N-ethyl adjacent to an activating group) is 1. The van der Waals surface area contributed by atoms with E-state index < -0.39 is 11.4 Å². The van der Waals surface area contributed by atoms with Crippen molar-refractivity contribution in [2.75, 3.05) is 18.5 Å². The number of carboxylic acids is 1. The largest absolute Gasteiger partial charge is 0.481 e. The second kappa shape index (κ2) is 3.51.